The fraction of sp³-hybridized carbons (Fsp3) is 0.286. The molecular formula is C14H16ClN3. The Kier molecular flexibility index (Phi) is 4.53. The highest BCUT2D eigenvalue weighted by atomic mass is 35.5. The van der Waals surface area contributed by atoms with Crippen molar-refractivity contribution >= 4 is 17.4 Å². The first kappa shape index (κ1) is 12.8. The van der Waals surface area contributed by atoms with Crippen molar-refractivity contribution < 1.29 is 0 Å². The Hall–Kier alpha value is -1.61. The van der Waals surface area contributed by atoms with E-state index in [9.17, 15) is 0 Å². The molecule has 1 atom stereocenters. The fourth-order valence-electron chi connectivity index (χ4n) is 1.81. The number of aromatic nitrogens is 2. The van der Waals surface area contributed by atoms with Gasteiger partial charge in [0.2, 0.25) is 0 Å². The standard InChI is InChI=1S/C14H16ClN3/c1-2-12(8-11-6-4-3-5-7-11)18-14-13(15)9-16-10-17-14/h3-7,9-10,12H,2,8H2,1H3,(H,16,17,18). The van der Waals surface area contributed by atoms with Crippen molar-refractivity contribution in [3.8, 4) is 0 Å². The molecule has 0 amide bonds. The van der Waals surface area contributed by atoms with Crippen LogP contribution in [0.5, 0.6) is 0 Å². The number of nitrogens with one attached hydrogen (secondary N) is 1. The van der Waals surface area contributed by atoms with E-state index in [2.05, 4.69) is 46.5 Å². The van der Waals surface area contributed by atoms with Crippen LogP contribution in [0, 0.1) is 0 Å². The fourth-order valence-corrected chi connectivity index (χ4v) is 1.97. The largest absolute Gasteiger partial charge is 0.366 e. The highest BCUT2D eigenvalue weighted by Gasteiger charge is 2.10. The predicted molar refractivity (Wildman–Crippen MR) is 74.9 cm³/mol. The molecule has 1 N–H and O–H groups in total. The van der Waals surface area contributed by atoms with Crippen molar-refractivity contribution in [3.63, 3.8) is 0 Å². The van der Waals surface area contributed by atoms with Gasteiger partial charge in [0.15, 0.2) is 0 Å². The molecule has 0 radical (unpaired) electrons. The van der Waals surface area contributed by atoms with Gasteiger partial charge >= 0.3 is 0 Å². The molecule has 1 heterocycles. The van der Waals surface area contributed by atoms with E-state index in [4.69, 9.17) is 11.6 Å². The smallest absolute Gasteiger partial charge is 0.148 e. The number of hydrogen-bond donors (Lipinski definition) is 1. The molecule has 0 aliphatic heterocycles. The second-order valence-electron chi connectivity index (χ2n) is 4.16. The minimum absolute atomic E-state index is 0.319. The van der Waals surface area contributed by atoms with Gasteiger partial charge in [0.05, 0.1) is 6.20 Å². The lowest BCUT2D eigenvalue weighted by atomic mass is 10.0. The average molecular weight is 262 g/mol. The summed E-state index contributed by atoms with van der Waals surface area (Å²) < 4.78 is 0. The molecule has 3 nitrogen and oxygen atoms in total. The maximum absolute atomic E-state index is 6.04. The van der Waals surface area contributed by atoms with Gasteiger partial charge in [-0.15, -0.1) is 0 Å². The Balaban J connectivity index is 2.04. The molecule has 18 heavy (non-hydrogen) atoms. The van der Waals surface area contributed by atoms with E-state index in [0.717, 1.165) is 12.8 Å². The van der Waals surface area contributed by atoms with E-state index in [1.54, 1.807) is 6.20 Å². The van der Waals surface area contributed by atoms with Crippen LogP contribution in [-0.4, -0.2) is 16.0 Å². The normalized spacial score (nSPS) is 12.1. The van der Waals surface area contributed by atoms with Gasteiger partial charge in [0, 0.05) is 6.04 Å². The summed E-state index contributed by atoms with van der Waals surface area (Å²) in [4.78, 5) is 8.03. The predicted octanol–water partition coefficient (Wildman–Crippen LogP) is 3.56. The first-order valence-corrected chi connectivity index (χ1v) is 6.43. The van der Waals surface area contributed by atoms with Gasteiger partial charge in [-0.1, -0.05) is 48.9 Å². The van der Waals surface area contributed by atoms with Crippen molar-refractivity contribution in [2.45, 2.75) is 25.8 Å². The Morgan fingerprint density at radius 3 is 2.72 bits per heavy atom. The third-order valence-corrected chi connectivity index (χ3v) is 3.10. The van der Waals surface area contributed by atoms with Crippen molar-refractivity contribution in [2.24, 2.45) is 0 Å². The zero-order valence-electron chi connectivity index (χ0n) is 10.3. The number of anilines is 1. The summed E-state index contributed by atoms with van der Waals surface area (Å²) in [5.41, 5.74) is 1.31. The Bertz CT molecular complexity index is 487. The maximum Gasteiger partial charge on any atom is 0.148 e. The molecule has 0 bridgehead atoms. The van der Waals surface area contributed by atoms with E-state index in [1.807, 2.05) is 6.07 Å². The van der Waals surface area contributed by atoms with Crippen LogP contribution in [0.1, 0.15) is 18.9 Å². The van der Waals surface area contributed by atoms with Crippen LogP contribution in [0.3, 0.4) is 0 Å². The van der Waals surface area contributed by atoms with Crippen LogP contribution in [0.4, 0.5) is 5.82 Å². The summed E-state index contributed by atoms with van der Waals surface area (Å²) in [7, 11) is 0. The van der Waals surface area contributed by atoms with E-state index in [0.29, 0.717) is 16.9 Å². The quantitative estimate of drug-likeness (QED) is 0.894. The summed E-state index contributed by atoms with van der Waals surface area (Å²) in [5.74, 6) is 0.703. The average Bonchev–Trinajstić information content (AvgIpc) is 2.41. The van der Waals surface area contributed by atoms with Gasteiger partial charge in [0.25, 0.3) is 0 Å². The van der Waals surface area contributed by atoms with Gasteiger partial charge in [-0.2, -0.15) is 0 Å². The van der Waals surface area contributed by atoms with Crippen molar-refractivity contribution in [1.29, 1.82) is 0 Å². The molecule has 2 rings (SSSR count). The number of rotatable bonds is 5. The number of hydrogen-bond acceptors (Lipinski definition) is 3. The van der Waals surface area contributed by atoms with Gasteiger partial charge in [0.1, 0.15) is 17.2 Å². The summed E-state index contributed by atoms with van der Waals surface area (Å²) in [5, 5.41) is 3.92. The van der Waals surface area contributed by atoms with Crippen LogP contribution < -0.4 is 5.32 Å². The van der Waals surface area contributed by atoms with E-state index >= 15 is 0 Å². The highest BCUT2D eigenvalue weighted by Crippen LogP contribution is 2.19. The summed E-state index contributed by atoms with van der Waals surface area (Å²) in [6.45, 7) is 2.15. The Labute approximate surface area is 112 Å². The van der Waals surface area contributed by atoms with Crippen LogP contribution >= 0.6 is 11.6 Å². The van der Waals surface area contributed by atoms with Crippen molar-refractivity contribution in [3.05, 3.63) is 53.4 Å². The zero-order chi connectivity index (χ0) is 12.8. The van der Waals surface area contributed by atoms with Crippen LogP contribution in [0.2, 0.25) is 5.02 Å². The molecule has 94 valence electrons. The molecule has 0 saturated heterocycles. The van der Waals surface area contributed by atoms with E-state index < -0.39 is 0 Å². The number of nitrogens with zero attached hydrogens (tertiary/aromatic N) is 2. The lowest BCUT2D eigenvalue weighted by molar-refractivity contribution is 0.686. The third kappa shape index (κ3) is 3.44. The minimum Gasteiger partial charge on any atom is -0.366 e. The van der Waals surface area contributed by atoms with Crippen molar-refractivity contribution in [2.75, 3.05) is 5.32 Å². The number of benzene rings is 1. The molecule has 1 unspecified atom stereocenters. The van der Waals surface area contributed by atoms with Gasteiger partial charge in [-0.25, -0.2) is 9.97 Å². The molecule has 0 aliphatic rings. The summed E-state index contributed by atoms with van der Waals surface area (Å²) >= 11 is 6.04. The Morgan fingerprint density at radius 2 is 2.06 bits per heavy atom. The first-order chi connectivity index (χ1) is 8.79. The summed E-state index contributed by atoms with van der Waals surface area (Å²) in [6.07, 6.45) is 5.07. The van der Waals surface area contributed by atoms with Crippen LogP contribution in [-0.2, 0) is 6.42 Å². The van der Waals surface area contributed by atoms with E-state index in [-0.39, 0.29) is 0 Å². The molecule has 1 aromatic heterocycles. The SMILES string of the molecule is CCC(Cc1ccccc1)Nc1ncncc1Cl. The molecule has 4 heteroatoms. The van der Waals surface area contributed by atoms with Gasteiger partial charge in [-0.3, -0.25) is 0 Å². The zero-order valence-corrected chi connectivity index (χ0v) is 11.1. The Morgan fingerprint density at radius 1 is 1.28 bits per heavy atom. The first-order valence-electron chi connectivity index (χ1n) is 6.05. The molecule has 2 aromatic rings. The lowest BCUT2D eigenvalue weighted by Gasteiger charge is -2.18. The molecule has 0 spiro atoms. The van der Waals surface area contributed by atoms with Crippen LogP contribution in [0.15, 0.2) is 42.9 Å². The van der Waals surface area contributed by atoms with Crippen molar-refractivity contribution in [1.82, 2.24) is 9.97 Å². The van der Waals surface area contributed by atoms with Gasteiger partial charge < -0.3 is 5.32 Å². The molecular weight excluding hydrogens is 246 g/mol. The molecule has 0 saturated carbocycles. The molecule has 0 fully saturated rings. The second kappa shape index (κ2) is 6.36. The minimum atomic E-state index is 0.319. The highest BCUT2D eigenvalue weighted by molar-refractivity contribution is 6.32. The molecule has 0 aliphatic carbocycles. The van der Waals surface area contributed by atoms with Gasteiger partial charge in [-0.05, 0) is 18.4 Å². The monoisotopic (exact) mass is 261 g/mol. The summed E-state index contributed by atoms with van der Waals surface area (Å²) in [6, 6.07) is 10.7. The third-order valence-electron chi connectivity index (χ3n) is 2.83. The van der Waals surface area contributed by atoms with Crippen LogP contribution in [0.25, 0.3) is 0 Å². The lowest BCUT2D eigenvalue weighted by Crippen LogP contribution is -2.22. The number of halogens is 1. The maximum atomic E-state index is 6.04. The topological polar surface area (TPSA) is 37.8 Å². The second-order valence-corrected chi connectivity index (χ2v) is 4.57. The molecule has 1 aromatic carbocycles. The van der Waals surface area contributed by atoms with E-state index in [1.165, 1.54) is 11.9 Å².